The lowest BCUT2D eigenvalue weighted by Gasteiger charge is -2.09. The standard InChI is InChI=1S/C18H17N3O4.C18H18N2O2.C15H13N/c1-10-13(9-14(19)18(22)23)16-15(20-10)8-7-12(17(16)21(24)25)11-5-3-2-4-6-11;1-11-14(10-16(19)18(21)22)15-9-13(7-8-17(15)20-11)12-5-3-2-4-6-12;1-11-9-14-10-13(7-8-15(14)16-11)12-5-3-2-4-6-12/h2-8,14,20H,9,19H2,1H3,(H,22,23);2-9,16,20H,10,19H2,1H3,(H,21,22);2-10,16H,1H3. The van der Waals surface area contributed by atoms with Crippen molar-refractivity contribution in [2.75, 3.05) is 0 Å². The molecule has 12 heteroatoms. The van der Waals surface area contributed by atoms with E-state index in [9.17, 15) is 19.7 Å². The van der Waals surface area contributed by atoms with Gasteiger partial charge in [0, 0.05) is 51.7 Å². The van der Waals surface area contributed by atoms with Gasteiger partial charge in [-0.3, -0.25) is 19.7 Å². The van der Waals surface area contributed by atoms with Crippen molar-refractivity contribution >= 4 is 50.3 Å². The second-order valence-electron chi connectivity index (χ2n) is 15.5. The molecule has 0 radical (unpaired) electrons. The summed E-state index contributed by atoms with van der Waals surface area (Å²) < 4.78 is 0. The maximum Gasteiger partial charge on any atom is 0.320 e. The number of hydrogen-bond acceptors (Lipinski definition) is 6. The summed E-state index contributed by atoms with van der Waals surface area (Å²) >= 11 is 0. The Labute approximate surface area is 363 Å². The summed E-state index contributed by atoms with van der Waals surface area (Å²) in [5.41, 5.74) is 24.5. The van der Waals surface area contributed by atoms with Gasteiger partial charge in [0.05, 0.1) is 21.4 Å². The molecule has 0 aliphatic carbocycles. The van der Waals surface area contributed by atoms with Gasteiger partial charge in [-0.05, 0) is 102 Å². The summed E-state index contributed by atoms with van der Waals surface area (Å²) in [6, 6.07) is 46.0. The van der Waals surface area contributed by atoms with Crippen LogP contribution in [-0.4, -0.2) is 54.1 Å². The Morgan fingerprint density at radius 2 is 1.05 bits per heavy atom. The molecule has 9 aromatic rings. The first-order chi connectivity index (χ1) is 30.3. The highest BCUT2D eigenvalue weighted by molar-refractivity contribution is 6.00. The van der Waals surface area contributed by atoms with Crippen molar-refractivity contribution in [3.63, 3.8) is 0 Å². The topological polar surface area (TPSA) is 217 Å². The minimum absolute atomic E-state index is 0.0141. The van der Waals surface area contributed by atoms with E-state index in [1.54, 1.807) is 31.2 Å². The Balaban J connectivity index is 0.000000145. The number of carboxylic acid groups (broad SMARTS) is 2. The number of benzene rings is 6. The van der Waals surface area contributed by atoms with E-state index in [2.05, 4.69) is 94.7 Å². The second-order valence-corrected chi connectivity index (χ2v) is 15.5. The maximum atomic E-state index is 11.8. The van der Waals surface area contributed by atoms with E-state index in [4.69, 9.17) is 21.7 Å². The zero-order valence-corrected chi connectivity index (χ0v) is 35.1. The van der Waals surface area contributed by atoms with E-state index in [-0.39, 0.29) is 12.1 Å². The molecule has 0 aliphatic rings. The zero-order valence-electron chi connectivity index (χ0n) is 35.1. The number of aliphatic carboxylic acids is 2. The summed E-state index contributed by atoms with van der Waals surface area (Å²) in [5.74, 6) is -2.12. The number of fused-ring (bicyclic) bond motifs is 3. The van der Waals surface area contributed by atoms with E-state index in [0.29, 0.717) is 34.1 Å². The van der Waals surface area contributed by atoms with E-state index in [1.165, 1.54) is 27.7 Å². The fourth-order valence-electron chi connectivity index (χ4n) is 7.92. The molecular weight excluding hydrogens is 793 g/mol. The number of aromatic nitrogens is 3. The largest absolute Gasteiger partial charge is 0.480 e. The number of nitrogens with one attached hydrogen (secondary N) is 3. The van der Waals surface area contributed by atoms with E-state index in [1.807, 2.05) is 55.5 Å². The van der Waals surface area contributed by atoms with Crippen molar-refractivity contribution in [3.8, 4) is 33.4 Å². The molecule has 12 nitrogen and oxygen atoms in total. The number of nitro groups is 1. The molecular formula is C51H48N6O6. The third-order valence-corrected chi connectivity index (χ3v) is 11.1. The SMILES string of the molecule is Cc1[nH]c2ccc(-c3ccccc3)c([N+](=O)[O-])c2c1CC(N)C(=O)O.Cc1[nH]c2ccc(-c3ccccc3)cc2c1CC(N)C(=O)O.Cc1cc2cc(-c3ccccc3)ccc2[nH]1. The average Bonchev–Trinajstić information content (AvgIpc) is 3.93. The summed E-state index contributed by atoms with van der Waals surface area (Å²) in [7, 11) is 0. The number of carbonyl (C=O) groups is 2. The van der Waals surface area contributed by atoms with Crippen molar-refractivity contribution in [2.45, 2.75) is 45.7 Å². The molecule has 9 rings (SSSR count). The van der Waals surface area contributed by atoms with Gasteiger partial charge in [0.2, 0.25) is 0 Å². The van der Waals surface area contributed by atoms with Crippen molar-refractivity contribution < 1.29 is 24.7 Å². The van der Waals surface area contributed by atoms with Crippen LogP contribution in [0.15, 0.2) is 146 Å². The molecule has 9 N–H and O–H groups in total. The highest BCUT2D eigenvalue weighted by Gasteiger charge is 2.27. The fraction of sp³-hybridized carbons (Fsp3) is 0.137. The molecule has 0 saturated heterocycles. The van der Waals surface area contributed by atoms with Gasteiger partial charge in [-0.25, -0.2) is 0 Å². The normalized spacial score (nSPS) is 12.0. The molecule has 63 heavy (non-hydrogen) atoms. The Morgan fingerprint density at radius 3 is 1.60 bits per heavy atom. The second kappa shape index (κ2) is 18.9. The van der Waals surface area contributed by atoms with Crippen LogP contribution in [0, 0.1) is 30.9 Å². The number of nitrogens with two attached hydrogens (primary N) is 2. The first-order valence-corrected chi connectivity index (χ1v) is 20.4. The minimum Gasteiger partial charge on any atom is -0.480 e. The molecule has 0 bridgehead atoms. The molecule has 318 valence electrons. The molecule has 2 atom stereocenters. The maximum absolute atomic E-state index is 11.8. The van der Waals surface area contributed by atoms with Crippen molar-refractivity contribution in [2.24, 2.45) is 11.5 Å². The lowest BCUT2D eigenvalue weighted by molar-refractivity contribution is -0.382. The van der Waals surface area contributed by atoms with Gasteiger partial charge in [-0.2, -0.15) is 0 Å². The van der Waals surface area contributed by atoms with Crippen LogP contribution in [0.3, 0.4) is 0 Å². The quantitative estimate of drug-likeness (QED) is 0.0518. The van der Waals surface area contributed by atoms with Crippen LogP contribution in [0.4, 0.5) is 5.69 Å². The van der Waals surface area contributed by atoms with Gasteiger partial charge in [-0.1, -0.05) is 103 Å². The molecule has 6 aromatic carbocycles. The Morgan fingerprint density at radius 1 is 0.571 bits per heavy atom. The molecule has 0 fully saturated rings. The molecule has 0 aliphatic heterocycles. The molecule has 0 saturated carbocycles. The first kappa shape index (κ1) is 43.3. The fourth-order valence-corrected chi connectivity index (χ4v) is 7.92. The Bertz CT molecular complexity index is 3060. The van der Waals surface area contributed by atoms with E-state index in [0.717, 1.165) is 38.9 Å². The number of nitrogens with zero attached hydrogens (tertiary/aromatic N) is 1. The van der Waals surface area contributed by atoms with Gasteiger partial charge < -0.3 is 36.6 Å². The van der Waals surface area contributed by atoms with E-state index < -0.39 is 28.9 Å². The van der Waals surface area contributed by atoms with Crippen molar-refractivity contribution in [3.05, 3.63) is 184 Å². The summed E-state index contributed by atoms with van der Waals surface area (Å²) in [4.78, 5) is 43.3. The number of rotatable bonds is 10. The number of hydrogen-bond donors (Lipinski definition) is 7. The molecule has 3 heterocycles. The van der Waals surface area contributed by atoms with Crippen molar-refractivity contribution in [1.29, 1.82) is 0 Å². The highest BCUT2D eigenvalue weighted by atomic mass is 16.6. The Hall–Kier alpha value is -7.80. The van der Waals surface area contributed by atoms with Gasteiger partial charge >= 0.3 is 11.9 Å². The van der Waals surface area contributed by atoms with Crippen LogP contribution >= 0.6 is 0 Å². The predicted octanol–water partition coefficient (Wildman–Crippen LogP) is 10.2. The van der Waals surface area contributed by atoms with Crippen LogP contribution in [0.25, 0.3) is 66.1 Å². The lowest BCUT2D eigenvalue weighted by atomic mass is 9.96. The number of aryl methyl sites for hydroxylation is 3. The summed E-state index contributed by atoms with van der Waals surface area (Å²) in [5, 5.41) is 32.7. The smallest absolute Gasteiger partial charge is 0.320 e. The van der Waals surface area contributed by atoms with Crippen molar-refractivity contribution in [1.82, 2.24) is 15.0 Å². The molecule has 2 unspecified atom stereocenters. The Kier molecular flexibility index (Phi) is 13.0. The molecule has 3 aromatic heterocycles. The van der Waals surface area contributed by atoms with Gasteiger partial charge in [0.1, 0.15) is 12.1 Å². The third-order valence-electron chi connectivity index (χ3n) is 11.1. The van der Waals surface area contributed by atoms with Crippen LogP contribution < -0.4 is 11.5 Å². The van der Waals surface area contributed by atoms with Gasteiger partial charge in [0.25, 0.3) is 5.69 Å². The minimum atomic E-state index is -1.14. The summed E-state index contributed by atoms with van der Waals surface area (Å²) in [6.45, 7) is 5.80. The number of H-pyrrole nitrogens is 3. The first-order valence-electron chi connectivity index (χ1n) is 20.4. The van der Waals surface area contributed by atoms with Crippen LogP contribution in [0.5, 0.6) is 0 Å². The molecule has 0 amide bonds. The van der Waals surface area contributed by atoms with Gasteiger partial charge in [-0.15, -0.1) is 0 Å². The average molecular weight is 841 g/mol. The van der Waals surface area contributed by atoms with Gasteiger partial charge in [0.15, 0.2) is 0 Å². The van der Waals surface area contributed by atoms with E-state index >= 15 is 0 Å². The predicted molar refractivity (Wildman–Crippen MR) is 251 cm³/mol. The molecule has 0 spiro atoms. The highest BCUT2D eigenvalue weighted by Crippen LogP contribution is 2.39. The number of aromatic amines is 3. The third kappa shape index (κ3) is 9.73. The summed E-state index contributed by atoms with van der Waals surface area (Å²) in [6.07, 6.45) is 0.333. The number of nitro benzene ring substituents is 1. The number of carboxylic acids is 2. The zero-order chi connectivity index (χ0) is 44.8. The van der Waals surface area contributed by atoms with Crippen LogP contribution in [0.1, 0.15) is 28.2 Å². The lowest BCUT2D eigenvalue weighted by Crippen LogP contribution is -2.32. The van der Waals surface area contributed by atoms with Crippen LogP contribution in [0.2, 0.25) is 0 Å². The monoisotopic (exact) mass is 840 g/mol. The van der Waals surface area contributed by atoms with Crippen LogP contribution in [-0.2, 0) is 22.4 Å².